The van der Waals surface area contributed by atoms with Crippen LogP contribution >= 0.6 is 0 Å². The molecule has 0 saturated carbocycles. The van der Waals surface area contributed by atoms with Crippen LogP contribution in [0.25, 0.3) is 6.08 Å². The number of fused-ring (bicyclic) bond motifs is 2. The molecule has 6 nitrogen and oxygen atoms in total. The van der Waals surface area contributed by atoms with E-state index in [0.29, 0.717) is 19.4 Å². The van der Waals surface area contributed by atoms with Crippen molar-refractivity contribution in [1.29, 1.82) is 0 Å². The Labute approximate surface area is 164 Å². The van der Waals surface area contributed by atoms with Crippen molar-refractivity contribution in [2.75, 3.05) is 13.2 Å². The summed E-state index contributed by atoms with van der Waals surface area (Å²) in [6.07, 6.45) is 10.6. The molecule has 1 aliphatic carbocycles. The Kier molecular flexibility index (Phi) is 5.30. The van der Waals surface area contributed by atoms with E-state index < -0.39 is 24.4 Å². The number of allylic oxidation sites excluding steroid dienone is 1. The molecule has 2 amide bonds. The minimum Gasteiger partial charge on any atom is -0.445 e. The van der Waals surface area contributed by atoms with Gasteiger partial charge in [-0.15, -0.1) is 0 Å². The fourth-order valence-electron chi connectivity index (χ4n) is 4.17. The lowest BCUT2D eigenvalue weighted by molar-refractivity contribution is -0.136. The summed E-state index contributed by atoms with van der Waals surface area (Å²) in [7, 11) is 0. The quantitative estimate of drug-likeness (QED) is 0.819. The predicted molar refractivity (Wildman–Crippen MR) is 105 cm³/mol. The molecule has 1 saturated heterocycles. The van der Waals surface area contributed by atoms with Crippen LogP contribution in [0.1, 0.15) is 18.4 Å². The molecular formula is C22H24N2O4. The van der Waals surface area contributed by atoms with Crippen LogP contribution < -0.4 is 0 Å². The van der Waals surface area contributed by atoms with Crippen molar-refractivity contribution in [2.24, 2.45) is 5.92 Å². The topological polar surface area (TPSA) is 70.1 Å². The van der Waals surface area contributed by atoms with Crippen LogP contribution in [0.5, 0.6) is 0 Å². The molecular weight excluding hydrogens is 356 g/mol. The molecule has 0 radical (unpaired) electrons. The van der Waals surface area contributed by atoms with Crippen LogP contribution in [-0.4, -0.2) is 58.4 Å². The molecule has 1 aromatic carbocycles. The van der Waals surface area contributed by atoms with Crippen molar-refractivity contribution >= 4 is 18.1 Å². The van der Waals surface area contributed by atoms with E-state index in [1.54, 1.807) is 17.1 Å². The molecule has 0 spiro atoms. The smallest absolute Gasteiger partial charge is 0.412 e. The van der Waals surface area contributed by atoms with Crippen molar-refractivity contribution in [1.82, 2.24) is 9.80 Å². The third kappa shape index (κ3) is 3.47. The third-order valence-electron chi connectivity index (χ3n) is 5.57. The maximum Gasteiger partial charge on any atom is 0.412 e. The summed E-state index contributed by atoms with van der Waals surface area (Å²) >= 11 is 0. The lowest BCUT2D eigenvalue weighted by atomic mass is 9.87. The van der Waals surface area contributed by atoms with Gasteiger partial charge in [-0.05, 0) is 24.5 Å². The van der Waals surface area contributed by atoms with Crippen molar-refractivity contribution < 1.29 is 19.4 Å². The van der Waals surface area contributed by atoms with E-state index in [1.807, 2.05) is 54.6 Å². The average Bonchev–Trinajstić information content (AvgIpc) is 3.19. The number of hydrogen-bond donors (Lipinski definition) is 1. The largest absolute Gasteiger partial charge is 0.445 e. The monoisotopic (exact) mass is 380 g/mol. The minimum atomic E-state index is -1.12. The standard InChI is InChI=1S/C22H24N2O4/c25-20-17-11-4-5-12-18(17)24(21(26)19-13-6-14-23(19)20)22(27)28-15-7-10-16-8-2-1-3-9-16/h1-10,13,17-19,21,26H,11-12,14-15H2/t17?,18?,19-,21-/m0/s1. The van der Waals surface area contributed by atoms with Gasteiger partial charge in [-0.1, -0.05) is 60.7 Å². The Hall–Kier alpha value is -2.86. The first-order valence-electron chi connectivity index (χ1n) is 9.63. The number of hydrogen-bond acceptors (Lipinski definition) is 4. The summed E-state index contributed by atoms with van der Waals surface area (Å²) in [5, 5.41) is 10.9. The van der Waals surface area contributed by atoms with E-state index in [0.717, 1.165) is 5.56 Å². The summed E-state index contributed by atoms with van der Waals surface area (Å²) in [4.78, 5) is 28.8. The summed E-state index contributed by atoms with van der Waals surface area (Å²) < 4.78 is 5.42. The normalized spacial score (nSPS) is 29.0. The van der Waals surface area contributed by atoms with Gasteiger partial charge in [0.2, 0.25) is 5.91 Å². The highest BCUT2D eigenvalue weighted by molar-refractivity contribution is 5.83. The van der Waals surface area contributed by atoms with E-state index in [9.17, 15) is 14.7 Å². The molecule has 28 heavy (non-hydrogen) atoms. The van der Waals surface area contributed by atoms with Crippen LogP contribution in [0.4, 0.5) is 4.79 Å². The molecule has 1 N–H and O–H groups in total. The van der Waals surface area contributed by atoms with E-state index in [-0.39, 0.29) is 18.4 Å². The van der Waals surface area contributed by atoms with Crippen molar-refractivity contribution in [2.45, 2.75) is 31.2 Å². The Morgan fingerprint density at radius 3 is 2.79 bits per heavy atom. The van der Waals surface area contributed by atoms with Crippen LogP contribution in [-0.2, 0) is 9.53 Å². The highest BCUT2D eigenvalue weighted by atomic mass is 16.6. The summed E-state index contributed by atoms with van der Waals surface area (Å²) in [5.41, 5.74) is 1.02. The number of nitrogens with zero attached hydrogens (tertiary/aromatic N) is 2. The Morgan fingerprint density at radius 1 is 1.18 bits per heavy atom. The maximum absolute atomic E-state index is 12.9. The number of amides is 2. The van der Waals surface area contributed by atoms with Crippen molar-refractivity contribution in [3.8, 4) is 0 Å². The van der Waals surface area contributed by atoms with Gasteiger partial charge in [-0.25, -0.2) is 4.79 Å². The van der Waals surface area contributed by atoms with E-state index in [2.05, 4.69) is 0 Å². The number of carbonyl (C=O) groups is 2. The molecule has 2 aliphatic heterocycles. The fourth-order valence-corrected chi connectivity index (χ4v) is 4.17. The Balaban J connectivity index is 1.49. The number of aliphatic hydroxyl groups excluding tert-OH is 1. The minimum absolute atomic E-state index is 0.0114. The van der Waals surface area contributed by atoms with E-state index in [1.165, 1.54) is 4.90 Å². The average molecular weight is 380 g/mol. The zero-order valence-electron chi connectivity index (χ0n) is 15.6. The van der Waals surface area contributed by atoms with Gasteiger partial charge in [0.25, 0.3) is 0 Å². The number of benzene rings is 1. The third-order valence-corrected chi connectivity index (χ3v) is 5.57. The highest BCUT2D eigenvalue weighted by Crippen LogP contribution is 2.34. The molecule has 0 bridgehead atoms. The number of rotatable bonds is 3. The van der Waals surface area contributed by atoms with Crippen LogP contribution in [0.2, 0.25) is 0 Å². The number of ether oxygens (including phenoxy) is 1. The van der Waals surface area contributed by atoms with Crippen molar-refractivity contribution in [3.05, 3.63) is 66.3 Å². The number of carbonyl (C=O) groups excluding carboxylic acids is 2. The molecule has 146 valence electrons. The summed E-state index contributed by atoms with van der Waals surface area (Å²) in [6.45, 7) is 0.568. The first-order chi connectivity index (χ1) is 13.7. The zero-order chi connectivity index (χ0) is 19.5. The van der Waals surface area contributed by atoms with Gasteiger partial charge in [-0.2, -0.15) is 0 Å². The zero-order valence-corrected chi connectivity index (χ0v) is 15.6. The van der Waals surface area contributed by atoms with Crippen molar-refractivity contribution in [3.63, 3.8) is 0 Å². The van der Waals surface area contributed by atoms with E-state index in [4.69, 9.17) is 4.74 Å². The first kappa shape index (κ1) is 18.5. The second kappa shape index (κ2) is 8.02. The molecule has 1 fully saturated rings. The Bertz CT molecular complexity index is 817. The van der Waals surface area contributed by atoms with Gasteiger partial charge >= 0.3 is 6.09 Å². The second-order valence-corrected chi connectivity index (χ2v) is 7.24. The van der Waals surface area contributed by atoms with Gasteiger partial charge in [0.05, 0.1) is 18.0 Å². The fraction of sp³-hybridized carbons (Fsp3) is 0.364. The van der Waals surface area contributed by atoms with Crippen LogP contribution in [0.3, 0.4) is 0 Å². The first-order valence-corrected chi connectivity index (χ1v) is 9.63. The lowest BCUT2D eigenvalue weighted by Crippen LogP contribution is -2.53. The Morgan fingerprint density at radius 2 is 1.96 bits per heavy atom. The summed E-state index contributed by atoms with van der Waals surface area (Å²) in [6, 6.07) is 8.82. The molecule has 3 aliphatic rings. The molecule has 2 heterocycles. The van der Waals surface area contributed by atoms with Crippen LogP contribution in [0.15, 0.2) is 60.7 Å². The van der Waals surface area contributed by atoms with Gasteiger partial charge in [-0.3, -0.25) is 9.69 Å². The SMILES string of the molecule is O=C1C2CC=CCC2N(C(=O)OCC=Cc2ccccc2)[C@@H](O)[C@@H]2C=CCN12. The predicted octanol–water partition coefficient (Wildman–Crippen LogP) is 2.57. The second-order valence-electron chi connectivity index (χ2n) is 7.24. The number of aliphatic hydroxyl groups is 1. The molecule has 1 aromatic rings. The van der Waals surface area contributed by atoms with E-state index >= 15 is 0 Å². The van der Waals surface area contributed by atoms with Gasteiger partial charge in [0.1, 0.15) is 6.61 Å². The van der Waals surface area contributed by atoms with Crippen LogP contribution in [0, 0.1) is 5.92 Å². The van der Waals surface area contributed by atoms with Gasteiger partial charge < -0.3 is 14.7 Å². The molecule has 6 heteroatoms. The van der Waals surface area contributed by atoms with Gasteiger partial charge in [0, 0.05) is 6.54 Å². The molecule has 0 aromatic heterocycles. The maximum atomic E-state index is 12.9. The molecule has 4 atom stereocenters. The van der Waals surface area contributed by atoms with Gasteiger partial charge in [0.15, 0.2) is 6.23 Å². The molecule has 4 rings (SSSR count). The molecule has 2 unspecified atom stereocenters. The summed E-state index contributed by atoms with van der Waals surface area (Å²) in [5.74, 6) is -0.361. The lowest BCUT2D eigenvalue weighted by Gasteiger charge is -2.36. The highest BCUT2D eigenvalue weighted by Gasteiger charge is 2.49.